The zero-order chi connectivity index (χ0) is 14.4. The number of hydrogen-bond acceptors (Lipinski definition) is 9. The molecular formula is C10H14N5O5. The van der Waals surface area contributed by atoms with E-state index in [0.29, 0.717) is 0 Å². The fourth-order valence-corrected chi connectivity index (χ4v) is 2.38. The molecule has 5 atom stereocenters. The van der Waals surface area contributed by atoms with Gasteiger partial charge < -0.3 is 30.7 Å². The minimum Gasteiger partial charge on any atom is -0.394 e. The van der Waals surface area contributed by atoms with Gasteiger partial charge in [-0.25, -0.2) is 4.99 Å². The molecule has 0 aromatic heterocycles. The third-order valence-corrected chi connectivity index (χ3v) is 3.40. The van der Waals surface area contributed by atoms with Crippen molar-refractivity contribution < 1.29 is 24.9 Å². The van der Waals surface area contributed by atoms with Crippen molar-refractivity contribution in [2.45, 2.75) is 30.7 Å². The molecule has 109 valence electrons. The summed E-state index contributed by atoms with van der Waals surface area (Å²) in [6, 6.07) is 0.122. The van der Waals surface area contributed by atoms with Crippen LogP contribution >= 0.6 is 0 Å². The Labute approximate surface area is 113 Å². The lowest BCUT2D eigenvalue weighted by Crippen LogP contribution is -2.54. The molecule has 1 fully saturated rings. The molecule has 3 aliphatic rings. The lowest BCUT2D eigenvalue weighted by molar-refractivity contribution is -0.120. The van der Waals surface area contributed by atoms with E-state index < -0.39 is 43.2 Å². The SMILES string of the molecule is NC1=NC2[C](N=CN2[C@@H]2O[C@H](CO)[C@@H](O)[C@H]2O)C(=O)N1. The third-order valence-electron chi connectivity index (χ3n) is 3.40. The molecule has 6 N–H and O–H groups in total. The zero-order valence-electron chi connectivity index (χ0n) is 10.2. The van der Waals surface area contributed by atoms with Crippen LogP contribution in [0, 0.1) is 6.04 Å². The molecule has 0 bridgehead atoms. The molecule has 3 aliphatic heterocycles. The van der Waals surface area contributed by atoms with Gasteiger partial charge in [-0.3, -0.25) is 15.1 Å². The maximum Gasteiger partial charge on any atom is 0.262 e. The van der Waals surface area contributed by atoms with Crippen LogP contribution in [0.3, 0.4) is 0 Å². The Morgan fingerprint density at radius 2 is 2.20 bits per heavy atom. The Balaban J connectivity index is 1.84. The molecule has 1 saturated heterocycles. The summed E-state index contributed by atoms with van der Waals surface area (Å²) in [5, 5.41) is 31.1. The van der Waals surface area contributed by atoms with Gasteiger partial charge in [-0.1, -0.05) is 0 Å². The van der Waals surface area contributed by atoms with Crippen LogP contribution in [0.5, 0.6) is 0 Å². The van der Waals surface area contributed by atoms with E-state index in [-0.39, 0.29) is 12.0 Å². The second-order valence-corrected chi connectivity index (χ2v) is 4.65. The molecule has 0 spiro atoms. The number of guanidine groups is 1. The number of amides is 1. The highest BCUT2D eigenvalue weighted by Crippen LogP contribution is 2.32. The number of ether oxygens (including phenoxy) is 1. The molecule has 10 nitrogen and oxygen atoms in total. The van der Waals surface area contributed by atoms with E-state index in [1.807, 2.05) is 0 Å². The van der Waals surface area contributed by atoms with Gasteiger partial charge in [0.25, 0.3) is 5.91 Å². The van der Waals surface area contributed by atoms with Gasteiger partial charge in [-0.05, 0) is 0 Å². The van der Waals surface area contributed by atoms with Crippen molar-refractivity contribution in [3.63, 3.8) is 0 Å². The van der Waals surface area contributed by atoms with E-state index >= 15 is 0 Å². The second-order valence-electron chi connectivity index (χ2n) is 4.65. The third kappa shape index (κ3) is 1.85. The van der Waals surface area contributed by atoms with Gasteiger partial charge in [0.1, 0.15) is 18.3 Å². The molecule has 1 radical (unpaired) electrons. The fourth-order valence-electron chi connectivity index (χ4n) is 2.38. The predicted molar refractivity (Wildman–Crippen MR) is 64.9 cm³/mol. The van der Waals surface area contributed by atoms with Crippen molar-refractivity contribution >= 4 is 18.2 Å². The Morgan fingerprint density at radius 1 is 1.45 bits per heavy atom. The summed E-state index contributed by atoms with van der Waals surface area (Å²) in [5.41, 5.74) is 5.49. The number of aliphatic imine (C=N–C) groups is 2. The maximum atomic E-state index is 11.7. The smallest absolute Gasteiger partial charge is 0.262 e. The molecule has 3 rings (SSSR count). The van der Waals surface area contributed by atoms with Gasteiger partial charge in [0, 0.05) is 0 Å². The first-order valence-electron chi connectivity index (χ1n) is 5.98. The topological polar surface area (TPSA) is 153 Å². The van der Waals surface area contributed by atoms with Crippen molar-refractivity contribution in [3.8, 4) is 0 Å². The second kappa shape index (κ2) is 4.66. The van der Waals surface area contributed by atoms with E-state index in [1.54, 1.807) is 0 Å². The monoisotopic (exact) mass is 284 g/mol. The number of fused-ring (bicyclic) bond motifs is 1. The molecule has 0 aliphatic carbocycles. The number of aliphatic hydroxyl groups is 3. The number of carbonyl (C=O) groups is 1. The van der Waals surface area contributed by atoms with E-state index in [9.17, 15) is 15.0 Å². The summed E-state index contributed by atoms with van der Waals surface area (Å²) in [5.74, 6) is -0.543. The normalized spacial score (nSPS) is 40.8. The van der Waals surface area contributed by atoms with Gasteiger partial charge in [0.15, 0.2) is 18.4 Å². The Kier molecular flexibility index (Phi) is 3.09. The summed E-state index contributed by atoms with van der Waals surface area (Å²) >= 11 is 0. The van der Waals surface area contributed by atoms with Crippen LogP contribution in [-0.2, 0) is 9.53 Å². The van der Waals surface area contributed by atoms with Crippen molar-refractivity contribution in [2.24, 2.45) is 15.7 Å². The van der Waals surface area contributed by atoms with Crippen LogP contribution in [0.4, 0.5) is 0 Å². The molecule has 0 aromatic carbocycles. The Hall–Kier alpha value is -1.75. The van der Waals surface area contributed by atoms with Crippen LogP contribution in [0.15, 0.2) is 9.98 Å². The van der Waals surface area contributed by atoms with Crippen LogP contribution in [0.25, 0.3) is 0 Å². The number of aliphatic hydroxyl groups excluding tert-OH is 3. The maximum absolute atomic E-state index is 11.7. The summed E-state index contributed by atoms with van der Waals surface area (Å²) in [4.78, 5) is 21.0. The molecular weight excluding hydrogens is 270 g/mol. The van der Waals surface area contributed by atoms with Crippen molar-refractivity contribution in [1.29, 1.82) is 0 Å². The molecule has 1 unspecified atom stereocenters. The lowest BCUT2D eigenvalue weighted by Gasteiger charge is -2.32. The highest BCUT2D eigenvalue weighted by molar-refractivity contribution is 6.07. The first-order valence-corrected chi connectivity index (χ1v) is 5.98. The van der Waals surface area contributed by atoms with Crippen LogP contribution in [-0.4, -0.2) is 75.7 Å². The Morgan fingerprint density at radius 3 is 2.85 bits per heavy atom. The minimum absolute atomic E-state index is 0.0639. The van der Waals surface area contributed by atoms with Crippen LogP contribution < -0.4 is 11.1 Å². The average molecular weight is 284 g/mol. The van der Waals surface area contributed by atoms with Gasteiger partial charge in [-0.2, -0.15) is 0 Å². The number of hydrogen-bond donors (Lipinski definition) is 5. The Bertz CT molecular complexity index is 483. The molecule has 20 heavy (non-hydrogen) atoms. The largest absolute Gasteiger partial charge is 0.394 e. The number of rotatable bonds is 2. The number of nitrogens with two attached hydrogens (primary N) is 1. The first kappa shape index (κ1) is 13.2. The molecule has 3 heterocycles. The van der Waals surface area contributed by atoms with E-state index in [0.717, 1.165) is 0 Å². The van der Waals surface area contributed by atoms with Gasteiger partial charge in [0.05, 0.1) is 12.9 Å². The summed E-state index contributed by atoms with van der Waals surface area (Å²) in [7, 11) is 0. The van der Waals surface area contributed by atoms with Crippen molar-refractivity contribution in [1.82, 2.24) is 10.2 Å². The lowest BCUT2D eigenvalue weighted by atomic mass is 10.1. The molecule has 0 saturated carbocycles. The van der Waals surface area contributed by atoms with Crippen molar-refractivity contribution in [2.75, 3.05) is 6.61 Å². The number of nitrogens with zero attached hydrogens (tertiary/aromatic N) is 3. The zero-order valence-corrected chi connectivity index (χ0v) is 10.2. The van der Waals surface area contributed by atoms with Gasteiger partial charge in [0.2, 0.25) is 6.04 Å². The van der Waals surface area contributed by atoms with Gasteiger partial charge in [-0.15, -0.1) is 0 Å². The molecule has 1 amide bonds. The van der Waals surface area contributed by atoms with E-state index in [4.69, 9.17) is 15.6 Å². The van der Waals surface area contributed by atoms with Crippen molar-refractivity contribution in [3.05, 3.63) is 6.04 Å². The quantitative estimate of drug-likeness (QED) is 0.347. The highest BCUT2D eigenvalue weighted by Gasteiger charge is 2.51. The van der Waals surface area contributed by atoms with E-state index in [1.165, 1.54) is 11.2 Å². The number of nitrogens with one attached hydrogen (secondary N) is 1. The predicted octanol–water partition coefficient (Wildman–Crippen LogP) is -3.93. The van der Waals surface area contributed by atoms with Gasteiger partial charge >= 0.3 is 0 Å². The first-order chi connectivity index (χ1) is 9.52. The van der Waals surface area contributed by atoms with E-state index in [2.05, 4.69) is 15.3 Å². The summed E-state index contributed by atoms with van der Waals surface area (Å²) in [6.07, 6.45) is -3.90. The van der Waals surface area contributed by atoms with Crippen LogP contribution in [0.1, 0.15) is 0 Å². The minimum atomic E-state index is -1.26. The average Bonchev–Trinajstić information content (AvgIpc) is 2.93. The summed E-state index contributed by atoms with van der Waals surface area (Å²) in [6.45, 7) is -0.438. The fraction of sp³-hybridized carbons (Fsp3) is 0.600. The molecule has 0 aromatic rings. The standard InChI is InChI=1S/C10H14N5O5/c11-10-13-7-4(8(19)14-10)12-2-15(7)9-6(18)5(17)3(1-16)20-9/h2-3,5-7,9,16-18H,1H2,(H3,11,13,14,19)/t3-,5-,6-,7?,9-/m1/s1. The summed E-state index contributed by atoms with van der Waals surface area (Å²) < 4.78 is 5.37. The van der Waals surface area contributed by atoms with Crippen LogP contribution in [0.2, 0.25) is 0 Å². The molecule has 10 heteroatoms. The number of carbonyl (C=O) groups excluding carboxylic acids is 1. The highest BCUT2D eigenvalue weighted by atomic mass is 16.6.